The molecule has 0 aromatic rings. The summed E-state index contributed by atoms with van der Waals surface area (Å²) in [6, 6.07) is -4.13. The Morgan fingerprint density at radius 3 is 1.86 bits per heavy atom. The number of carbonyl (C=O) groups is 4. The summed E-state index contributed by atoms with van der Waals surface area (Å²) in [4.78, 5) is 47.8. The predicted octanol–water partition coefficient (Wildman–Crippen LogP) is -1.63. The number of aliphatic hydroxyl groups excluding tert-OH is 1. The molecule has 0 radical (unpaired) electrons. The van der Waals surface area contributed by atoms with Crippen molar-refractivity contribution < 1.29 is 29.4 Å². The van der Waals surface area contributed by atoms with Gasteiger partial charge in [-0.1, -0.05) is 0 Å². The van der Waals surface area contributed by atoms with Crippen molar-refractivity contribution in [2.24, 2.45) is 5.73 Å². The fourth-order valence-electron chi connectivity index (χ4n) is 2.04. The Bertz CT molecular complexity index is 537. The number of nitrogens with two attached hydrogens (primary N) is 1. The van der Waals surface area contributed by atoms with E-state index in [1.807, 2.05) is 12.5 Å². The highest BCUT2D eigenvalue weighted by atomic mass is 32.2. The molecule has 0 heterocycles. The Morgan fingerprint density at radius 1 is 0.893 bits per heavy atom. The van der Waals surface area contributed by atoms with Gasteiger partial charge in [-0.2, -0.15) is 23.5 Å². The van der Waals surface area contributed by atoms with Crippen molar-refractivity contribution >= 4 is 47.2 Å². The predicted molar refractivity (Wildman–Crippen MR) is 110 cm³/mol. The first-order valence-corrected chi connectivity index (χ1v) is 11.4. The lowest BCUT2D eigenvalue weighted by Gasteiger charge is -2.23. The third-order valence-corrected chi connectivity index (χ3v) is 5.04. The Kier molecular flexibility index (Phi) is 13.7. The number of aliphatic carboxylic acids is 1. The van der Waals surface area contributed by atoms with Gasteiger partial charge >= 0.3 is 5.97 Å². The Hall–Kier alpha value is -1.50. The molecular weight excluding hydrogens is 408 g/mol. The van der Waals surface area contributed by atoms with Crippen molar-refractivity contribution in [2.75, 3.05) is 30.6 Å². The largest absolute Gasteiger partial charge is 0.480 e. The van der Waals surface area contributed by atoms with Crippen LogP contribution in [0, 0.1) is 0 Å². The average molecular weight is 439 g/mol. The molecular formula is C16H30N4O6S2. The van der Waals surface area contributed by atoms with Gasteiger partial charge in [0.2, 0.25) is 17.7 Å². The standard InChI is InChI=1S/C16H30N4O6S2/c1-9(13(22)20-12(16(25)26)5-7-28-3)18-15(24)11(4-6-27-2)19-14(23)10(17)8-21/h9-12,21H,4-8,17H2,1-3H3,(H,18,24)(H,19,23)(H,20,22)(H,25,26). The quantitative estimate of drug-likeness (QED) is 0.186. The van der Waals surface area contributed by atoms with Gasteiger partial charge in [0.1, 0.15) is 24.2 Å². The number of carboxylic acids is 1. The van der Waals surface area contributed by atoms with Crippen LogP contribution in [0.4, 0.5) is 0 Å². The summed E-state index contributed by atoms with van der Waals surface area (Å²) in [7, 11) is 0. The zero-order chi connectivity index (χ0) is 21.7. The molecule has 0 saturated heterocycles. The van der Waals surface area contributed by atoms with E-state index < -0.39 is 54.5 Å². The van der Waals surface area contributed by atoms with E-state index in [1.54, 1.807) is 0 Å². The van der Waals surface area contributed by atoms with Crippen molar-refractivity contribution in [1.29, 1.82) is 0 Å². The van der Waals surface area contributed by atoms with Gasteiger partial charge in [0.15, 0.2) is 0 Å². The maximum Gasteiger partial charge on any atom is 0.326 e. The molecule has 0 rings (SSSR count). The summed E-state index contributed by atoms with van der Waals surface area (Å²) in [5.74, 6) is -1.92. The molecule has 0 saturated carbocycles. The van der Waals surface area contributed by atoms with Gasteiger partial charge in [-0.15, -0.1) is 0 Å². The van der Waals surface area contributed by atoms with Gasteiger partial charge in [0.05, 0.1) is 6.61 Å². The number of carbonyl (C=O) groups excluding carboxylic acids is 3. The fourth-order valence-corrected chi connectivity index (χ4v) is 2.98. The van der Waals surface area contributed by atoms with Crippen LogP contribution in [0.3, 0.4) is 0 Å². The molecule has 0 bridgehead atoms. The summed E-state index contributed by atoms with van der Waals surface area (Å²) in [6.45, 7) is 0.863. The van der Waals surface area contributed by atoms with Gasteiger partial charge in [-0.05, 0) is 43.8 Å². The molecule has 4 atom stereocenters. The van der Waals surface area contributed by atoms with Crippen LogP contribution in [0.5, 0.6) is 0 Å². The molecule has 162 valence electrons. The third kappa shape index (κ3) is 10.2. The second-order valence-electron chi connectivity index (χ2n) is 6.04. The van der Waals surface area contributed by atoms with Crippen LogP contribution in [0.2, 0.25) is 0 Å². The molecule has 0 aliphatic carbocycles. The highest BCUT2D eigenvalue weighted by molar-refractivity contribution is 7.98. The van der Waals surface area contributed by atoms with Crippen molar-refractivity contribution in [1.82, 2.24) is 16.0 Å². The molecule has 28 heavy (non-hydrogen) atoms. The first kappa shape index (κ1) is 26.5. The lowest BCUT2D eigenvalue weighted by atomic mass is 10.1. The number of carboxylic acid groups (broad SMARTS) is 1. The van der Waals surface area contributed by atoms with Crippen LogP contribution in [-0.4, -0.2) is 88.7 Å². The average Bonchev–Trinajstić information content (AvgIpc) is 2.66. The zero-order valence-electron chi connectivity index (χ0n) is 16.3. The zero-order valence-corrected chi connectivity index (χ0v) is 17.9. The monoisotopic (exact) mass is 438 g/mol. The Morgan fingerprint density at radius 2 is 1.39 bits per heavy atom. The Labute approximate surface area is 173 Å². The summed E-state index contributed by atoms with van der Waals surface area (Å²) >= 11 is 2.93. The van der Waals surface area contributed by atoms with Crippen molar-refractivity contribution in [3.8, 4) is 0 Å². The minimum atomic E-state index is -1.15. The van der Waals surface area contributed by atoms with Crippen molar-refractivity contribution in [3.05, 3.63) is 0 Å². The molecule has 0 aromatic heterocycles. The molecule has 7 N–H and O–H groups in total. The second kappa shape index (κ2) is 14.5. The van der Waals surface area contributed by atoms with E-state index in [9.17, 15) is 24.3 Å². The maximum atomic E-state index is 12.5. The van der Waals surface area contributed by atoms with Crippen LogP contribution < -0.4 is 21.7 Å². The highest BCUT2D eigenvalue weighted by Crippen LogP contribution is 2.04. The highest BCUT2D eigenvalue weighted by Gasteiger charge is 2.27. The number of hydrogen-bond donors (Lipinski definition) is 6. The summed E-state index contributed by atoms with van der Waals surface area (Å²) in [5, 5.41) is 25.5. The van der Waals surface area contributed by atoms with E-state index in [0.717, 1.165) is 0 Å². The molecule has 4 unspecified atom stereocenters. The van der Waals surface area contributed by atoms with E-state index >= 15 is 0 Å². The summed E-state index contributed by atoms with van der Waals surface area (Å²) in [5.41, 5.74) is 5.45. The minimum Gasteiger partial charge on any atom is -0.480 e. The molecule has 0 aliphatic heterocycles. The van der Waals surface area contributed by atoms with Crippen LogP contribution in [-0.2, 0) is 19.2 Å². The molecule has 0 fully saturated rings. The van der Waals surface area contributed by atoms with Crippen LogP contribution >= 0.6 is 23.5 Å². The Balaban J connectivity index is 4.90. The lowest BCUT2D eigenvalue weighted by Crippen LogP contribution is -2.56. The SMILES string of the molecule is CSCCC(NC(=O)C(C)NC(=O)C(CCSC)NC(=O)C(N)CO)C(=O)O. The summed E-state index contributed by atoms with van der Waals surface area (Å²) < 4.78 is 0. The van der Waals surface area contributed by atoms with E-state index in [4.69, 9.17) is 10.8 Å². The number of amides is 3. The number of aliphatic hydroxyl groups is 1. The lowest BCUT2D eigenvalue weighted by molar-refractivity contribution is -0.142. The molecule has 0 aromatic carbocycles. The van der Waals surface area contributed by atoms with Gasteiger partial charge in [-0.3, -0.25) is 14.4 Å². The van der Waals surface area contributed by atoms with E-state index in [0.29, 0.717) is 17.9 Å². The van der Waals surface area contributed by atoms with E-state index in [-0.39, 0.29) is 6.42 Å². The first-order chi connectivity index (χ1) is 13.2. The van der Waals surface area contributed by atoms with Crippen LogP contribution in [0.1, 0.15) is 19.8 Å². The normalized spacial score (nSPS) is 15.0. The smallest absolute Gasteiger partial charge is 0.326 e. The molecule has 0 aliphatic rings. The number of rotatable bonds is 14. The van der Waals surface area contributed by atoms with E-state index in [2.05, 4.69) is 16.0 Å². The number of thioether (sulfide) groups is 2. The number of nitrogens with one attached hydrogen (secondary N) is 3. The van der Waals surface area contributed by atoms with Gasteiger partial charge in [0.25, 0.3) is 0 Å². The molecule has 10 nitrogen and oxygen atoms in total. The topological polar surface area (TPSA) is 171 Å². The van der Waals surface area contributed by atoms with Crippen molar-refractivity contribution in [2.45, 2.75) is 43.9 Å². The minimum absolute atomic E-state index is 0.258. The second-order valence-corrected chi connectivity index (χ2v) is 8.01. The maximum absolute atomic E-state index is 12.5. The first-order valence-electron chi connectivity index (χ1n) is 8.66. The van der Waals surface area contributed by atoms with Crippen LogP contribution in [0.15, 0.2) is 0 Å². The third-order valence-electron chi connectivity index (χ3n) is 3.75. The van der Waals surface area contributed by atoms with Gasteiger partial charge in [0, 0.05) is 0 Å². The molecule has 3 amide bonds. The number of hydrogen-bond acceptors (Lipinski definition) is 8. The molecule has 0 spiro atoms. The van der Waals surface area contributed by atoms with Gasteiger partial charge < -0.3 is 31.9 Å². The fraction of sp³-hybridized carbons (Fsp3) is 0.750. The van der Waals surface area contributed by atoms with E-state index in [1.165, 1.54) is 30.4 Å². The molecule has 12 heteroatoms. The van der Waals surface area contributed by atoms with Crippen LogP contribution in [0.25, 0.3) is 0 Å². The summed E-state index contributed by atoms with van der Waals surface area (Å²) in [6.07, 6.45) is 4.23. The van der Waals surface area contributed by atoms with Crippen molar-refractivity contribution in [3.63, 3.8) is 0 Å². The van der Waals surface area contributed by atoms with Gasteiger partial charge in [-0.25, -0.2) is 4.79 Å².